The van der Waals surface area contributed by atoms with Crippen molar-refractivity contribution in [3.63, 3.8) is 0 Å². The molecule has 6 heteroatoms. The minimum atomic E-state index is -0.233. The van der Waals surface area contributed by atoms with E-state index >= 15 is 0 Å². The molecule has 0 radical (unpaired) electrons. The molecule has 0 unspecified atom stereocenters. The van der Waals surface area contributed by atoms with Crippen LogP contribution in [0.1, 0.15) is 40.5 Å². The molecule has 2 amide bonds. The molecule has 0 atom stereocenters. The van der Waals surface area contributed by atoms with Gasteiger partial charge in [0.05, 0.1) is 11.6 Å². The quantitative estimate of drug-likeness (QED) is 0.678. The second kappa shape index (κ2) is 9.22. The van der Waals surface area contributed by atoms with Crippen LogP contribution in [0.3, 0.4) is 0 Å². The first-order valence-corrected chi connectivity index (χ1v) is 8.87. The fourth-order valence-electron chi connectivity index (χ4n) is 2.20. The van der Waals surface area contributed by atoms with Crippen LogP contribution in [0, 0.1) is 0 Å². The molecule has 0 spiro atoms. The molecular weight excluding hydrogens is 384 g/mol. The van der Waals surface area contributed by atoms with E-state index in [1.165, 1.54) is 0 Å². The molecule has 0 fully saturated rings. The number of hydrogen-bond donors (Lipinski definition) is 2. The molecule has 2 rings (SSSR count). The van der Waals surface area contributed by atoms with Gasteiger partial charge in [-0.1, -0.05) is 13.3 Å². The van der Waals surface area contributed by atoms with Crippen LogP contribution in [0.4, 0.5) is 5.69 Å². The molecule has 0 bridgehead atoms. The lowest BCUT2D eigenvalue weighted by molar-refractivity contribution is 0.0952. The van der Waals surface area contributed by atoms with Crippen molar-refractivity contribution in [3.8, 4) is 5.75 Å². The standard InChI is InChI=1S/C19H21BrN2O3/c1-3-4-11-21-18(23)13-5-8-15(9-6-13)22-19(24)14-7-10-17(25-2)16(20)12-14/h5-10,12H,3-4,11H2,1-2H3,(H,21,23)(H,22,24). The van der Waals surface area contributed by atoms with Crippen LogP contribution >= 0.6 is 15.9 Å². The first kappa shape index (κ1) is 19.0. The summed E-state index contributed by atoms with van der Waals surface area (Å²) < 4.78 is 5.86. The highest BCUT2D eigenvalue weighted by Crippen LogP contribution is 2.25. The van der Waals surface area contributed by atoms with Crippen molar-refractivity contribution in [1.82, 2.24) is 5.32 Å². The zero-order valence-corrected chi connectivity index (χ0v) is 15.9. The molecule has 0 aliphatic heterocycles. The van der Waals surface area contributed by atoms with Crippen LogP contribution in [-0.2, 0) is 0 Å². The Hall–Kier alpha value is -2.34. The molecular formula is C19H21BrN2O3. The van der Waals surface area contributed by atoms with E-state index in [0.29, 0.717) is 33.6 Å². The van der Waals surface area contributed by atoms with E-state index < -0.39 is 0 Å². The van der Waals surface area contributed by atoms with Crippen LogP contribution in [0.25, 0.3) is 0 Å². The lowest BCUT2D eigenvalue weighted by Gasteiger charge is -2.09. The summed E-state index contributed by atoms with van der Waals surface area (Å²) in [5.74, 6) is 0.323. The molecule has 0 heterocycles. The van der Waals surface area contributed by atoms with E-state index in [1.807, 2.05) is 0 Å². The number of halogens is 1. The number of hydrogen-bond acceptors (Lipinski definition) is 3. The Labute approximate surface area is 155 Å². The smallest absolute Gasteiger partial charge is 0.255 e. The Balaban J connectivity index is 1.99. The molecule has 0 saturated heterocycles. The number of amides is 2. The predicted octanol–water partition coefficient (Wildman–Crippen LogP) is 4.24. The number of benzene rings is 2. The predicted molar refractivity (Wildman–Crippen MR) is 102 cm³/mol. The fourth-order valence-corrected chi connectivity index (χ4v) is 2.74. The number of ether oxygens (including phenoxy) is 1. The summed E-state index contributed by atoms with van der Waals surface area (Å²) >= 11 is 3.36. The summed E-state index contributed by atoms with van der Waals surface area (Å²) in [5, 5.41) is 5.67. The van der Waals surface area contributed by atoms with Crippen LogP contribution in [0.15, 0.2) is 46.9 Å². The minimum absolute atomic E-state index is 0.106. The van der Waals surface area contributed by atoms with Crippen molar-refractivity contribution < 1.29 is 14.3 Å². The summed E-state index contributed by atoms with van der Waals surface area (Å²) in [6.45, 7) is 2.74. The average molecular weight is 405 g/mol. The summed E-state index contributed by atoms with van der Waals surface area (Å²) in [4.78, 5) is 24.3. The zero-order valence-electron chi connectivity index (χ0n) is 14.3. The summed E-state index contributed by atoms with van der Waals surface area (Å²) in [6.07, 6.45) is 1.99. The Bertz CT molecular complexity index is 745. The van der Waals surface area contributed by atoms with E-state index in [4.69, 9.17) is 4.74 Å². The van der Waals surface area contributed by atoms with Crippen molar-refractivity contribution in [1.29, 1.82) is 0 Å². The van der Waals surface area contributed by atoms with Gasteiger partial charge >= 0.3 is 0 Å². The van der Waals surface area contributed by atoms with E-state index in [9.17, 15) is 9.59 Å². The van der Waals surface area contributed by atoms with Crippen molar-refractivity contribution in [2.45, 2.75) is 19.8 Å². The normalized spacial score (nSPS) is 10.2. The van der Waals surface area contributed by atoms with Crippen molar-refractivity contribution in [2.75, 3.05) is 19.0 Å². The third-order valence-electron chi connectivity index (χ3n) is 3.63. The minimum Gasteiger partial charge on any atom is -0.496 e. The number of anilines is 1. The summed E-state index contributed by atoms with van der Waals surface area (Å²) in [7, 11) is 1.57. The Kier molecular flexibility index (Phi) is 7.01. The maximum Gasteiger partial charge on any atom is 0.255 e. The van der Waals surface area contributed by atoms with Crippen molar-refractivity contribution in [3.05, 3.63) is 58.1 Å². The molecule has 0 aliphatic carbocycles. The second-order valence-electron chi connectivity index (χ2n) is 5.49. The van der Waals surface area contributed by atoms with Gasteiger partial charge in [-0.2, -0.15) is 0 Å². The second-order valence-corrected chi connectivity index (χ2v) is 6.34. The van der Waals surface area contributed by atoms with Crippen molar-refractivity contribution in [2.24, 2.45) is 0 Å². The number of unbranched alkanes of at least 4 members (excludes halogenated alkanes) is 1. The van der Waals surface area contributed by atoms with E-state index in [1.54, 1.807) is 49.6 Å². The molecule has 2 aromatic carbocycles. The monoisotopic (exact) mass is 404 g/mol. The number of carbonyl (C=O) groups excluding carboxylic acids is 2. The van der Waals surface area contributed by atoms with Gasteiger partial charge < -0.3 is 15.4 Å². The molecule has 2 N–H and O–H groups in total. The van der Waals surface area contributed by atoms with Gasteiger partial charge in [0.15, 0.2) is 0 Å². The molecule has 0 aliphatic rings. The number of nitrogens with one attached hydrogen (secondary N) is 2. The average Bonchev–Trinajstić information content (AvgIpc) is 2.62. The highest BCUT2D eigenvalue weighted by atomic mass is 79.9. The van der Waals surface area contributed by atoms with Gasteiger partial charge in [-0.25, -0.2) is 0 Å². The first-order chi connectivity index (χ1) is 12.0. The maximum absolute atomic E-state index is 12.3. The number of rotatable bonds is 7. The number of methoxy groups -OCH3 is 1. The van der Waals surface area contributed by atoms with Crippen LogP contribution in [-0.4, -0.2) is 25.5 Å². The van der Waals surface area contributed by atoms with Gasteiger partial charge in [-0.05, 0) is 64.8 Å². The van der Waals surface area contributed by atoms with E-state index in [0.717, 1.165) is 12.8 Å². The van der Waals surface area contributed by atoms with Gasteiger partial charge in [0.2, 0.25) is 0 Å². The summed E-state index contributed by atoms with van der Waals surface area (Å²) in [6, 6.07) is 11.9. The van der Waals surface area contributed by atoms with Gasteiger partial charge in [-0.15, -0.1) is 0 Å². The van der Waals surface area contributed by atoms with Crippen molar-refractivity contribution >= 4 is 33.4 Å². The topological polar surface area (TPSA) is 67.4 Å². The van der Waals surface area contributed by atoms with Crippen LogP contribution in [0.2, 0.25) is 0 Å². The Morgan fingerprint density at radius 1 is 1.04 bits per heavy atom. The van der Waals surface area contributed by atoms with Crippen LogP contribution < -0.4 is 15.4 Å². The lowest BCUT2D eigenvalue weighted by Crippen LogP contribution is -2.24. The summed E-state index contributed by atoms with van der Waals surface area (Å²) in [5.41, 5.74) is 1.71. The molecule has 2 aromatic rings. The highest BCUT2D eigenvalue weighted by Gasteiger charge is 2.10. The maximum atomic E-state index is 12.3. The van der Waals surface area contributed by atoms with E-state index in [2.05, 4.69) is 33.5 Å². The van der Waals surface area contributed by atoms with Gasteiger partial charge in [0.1, 0.15) is 5.75 Å². The Morgan fingerprint density at radius 3 is 2.32 bits per heavy atom. The first-order valence-electron chi connectivity index (χ1n) is 8.08. The largest absolute Gasteiger partial charge is 0.496 e. The van der Waals surface area contributed by atoms with Gasteiger partial charge in [0.25, 0.3) is 11.8 Å². The highest BCUT2D eigenvalue weighted by molar-refractivity contribution is 9.10. The van der Waals surface area contributed by atoms with Crippen LogP contribution in [0.5, 0.6) is 5.75 Å². The third-order valence-corrected chi connectivity index (χ3v) is 4.25. The van der Waals surface area contributed by atoms with Gasteiger partial charge in [0, 0.05) is 23.4 Å². The molecule has 132 valence electrons. The van der Waals surface area contributed by atoms with E-state index in [-0.39, 0.29) is 11.8 Å². The zero-order chi connectivity index (χ0) is 18.2. The number of carbonyl (C=O) groups is 2. The fraction of sp³-hybridized carbons (Fsp3) is 0.263. The Morgan fingerprint density at radius 2 is 1.72 bits per heavy atom. The lowest BCUT2D eigenvalue weighted by atomic mass is 10.1. The molecule has 5 nitrogen and oxygen atoms in total. The molecule has 0 aromatic heterocycles. The molecule has 0 saturated carbocycles. The van der Waals surface area contributed by atoms with Gasteiger partial charge in [-0.3, -0.25) is 9.59 Å². The SMILES string of the molecule is CCCCNC(=O)c1ccc(NC(=O)c2ccc(OC)c(Br)c2)cc1. The molecule has 25 heavy (non-hydrogen) atoms. The third kappa shape index (κ3) is 5.32.